The molecule has 0 bridgehead atoms. The van der Waals surface area contributed by atoms with Gasteiger partial charge in [-0.2, -0.15) is 0 Å². The molecule has 0 N–H and O–H groups in total. The molecule has 1 saturated heterocycles. The fourth-order valence-corrected chi connectivity index (χ4v) is 2.89. The lowest BCUT2D eigenvalue weighted by molar-refractivity contribution is -0.385. The van der Waals surface area contributed by atoms with E-state index in [0.717, 1.165) is 25.7 Å². The second kappa shape index (κ2) is 6.70. The summed E-state index contributed by atoms with van der Waals surface area (Å²) in [7, 11) is 0. The van der Waals surface area contributed by atoms with E-state index in [1.54, 1.807) is 17.0 Å². The maximum absolute atomic E-state index is 12.6. The van der Waals surface area contributed by atoms with Crippen molar-refractivity contribution in [2.45, 2.75) is 31.7 Å². The summed E-state index contributed by atoms with van der Waals surface area (Å²) in [4.78, 5) is 24.8. The molecule has 20 heavy (non-hydrogen) atoms. The van der Waals surface area contributed by atoms with Crippen molar-refractivity contribution in [1.29, 1.82) is 0 Å². The van der Waals surface area contributed by atoms with Crippen molar-refractivity contribution in [2.75, 3.05) is 12.4 Å². The SMILES string of the molecule is O=C(c1ccccc1[N+](=O)[O-])N1CCCCCC1CCl. The van der Waals surface area contributed by atoms with Crippen LogP contribution in [0.1, 0.15) is 36.0 Å². The van der Waals surface area contributed by atoms with E-state index in [1.165, 1.54) is 12.1 Å². The first-order valence-electron chi connectivity index (χ1n) is 6.75. The lowest BCUT2D eigenvalue weighted by Gasteiger charge is -2.28. The number of hydrogen-bond donors (Lipinski definition) is 0. The molecule has 1 aromatic carbocycles. The van der Waals surface area contributed by atoms with Gasteiger partial charge in [0.25, 0.3) is 11.6 Å². The van der Waals surface area contributed by atoms with Gasteiger partial charge < -0.3 is 4.90 Å². The third-order valence-electron chi connectivity index (χ3n) is 3.65. The fourth-order valence-electron chi connectivity index (χ4n) is 2.57. The number of carbonyl (C=O) groups excluding carboxylic acids is 1. The molecule has 1 heterocycles. The van der Waals surface area contributed by atoms with Crippen molar-refractivity contribution in [2.24, 2.45) is 0 Å². The Morgan fingerprint density at radius 1 is 1.35 bits per heavy atom. The number of hydrogen-bond acceptors (Lipinski definition) is 3. The molecule has 1 fully saturated rings. The maximum Gasteiger partial charge on any atom is 0.282 e. The minimum absolute atomic E-state index is 0.0357. The van der Waals surface area contributed by atoms with Crippen LogP contribution >= 0.6 is 11.6 Å². The van der Waals surface area contributed by atoms with Crippen molar-refractivity contribution in [3.63, 3.8) is 0 Å². The van der Waals surface area contributed by atoms with Gasteiger partial charge in [-0.25, -0.2) is 0 Å². The van der Waals surface area contributed by atoms with E-state index in [2.05, 4.69) is 0 Å². The fraction of sp³-hybridized carbons (Fsp3) is 0.500. The van der Waals surface area contributed by atoms with Gasteiger partial charge in [0.15, 0.2) is 0 Å². The molecule has 1 aliphatic rings. The maximum atomic E-state index is 12.6. The number of amides is 1. The monoisotopic (exact) mass is 296 g/mol. The molecule has 0 radical (unpaired) electrons. The number of likely N-dealkylation sites (tertiary alicyclic amines) is 1. The summed E-state index contributed by atoms with van der Waals surface area (Å²) < 4.78 is 0. The van der Waals surface area contributed by atoms with Gasteiger partial charge in [-0.05, 0) is 18.9 Å². The van der Waals surface area contributed by atoms with E-state index in [0.29, 0.717) is 12.4 Å². The summed E-state index contributed by atoms with van der Waals surface area (Å²) in [6.07, 6.45) is 3.88. The average molecular weight is 297 g/mol. The quantitative estimate of drug-likeness (QED) is 0.489. The largest absolute Gasteiger partial charge is 0.334 e. The minimum Gasteiger partial charge on any atom is -0.334 e. The highest BCUT2D eigenvalue weighted by Crippen LogP contribution is 2.24. The highest BCUT2D eigenvalue weighted by molar-refractivity contribution is 6.18. The summed E-state index contributed by atoms with van der Waals surface area (Å²) >= 11 is 5.95. The number of para-hydroxylation sites is 1. The molecule has 1 atom stereocenters. The van der Waals surface area contributed by atoms with Crippen LogP contribution in [0.15, 0.2) is 24.3 Å². The Balaban J connectivity index is 2.31. The molecule has 0 aromatic heterocycles. The first-order chi connectivity index (χ1) is 9.65. The second-order valence-electron chi connectivity index (χ2n) is 4.93. The van der Waals surface area contributed by atoms with Crippen LogP contribution in [0.5, 0.6) is 0 Å². The van der Waals surface area contributed by atoms with Crippen molar-refractivity contribution in [3.05, 3.63) is 39.9 Å². The van der Waals surface area contributed by atoms with Crippen LogP contribution in [0, 0.1) is 10.1 Å². The number of carbonyl (C=O) groups is 1. The van der Waals surface area contributed by atoms with Crippen LogP contribution in [-0.4, -0.2) is 34.2 Å². The van der Waals surface area contributed by atoms with Crippen LogP contribution in [0.25, 0.3) is 0 Å². The lowest BCUT2D eigenvalue weighted by atomic mass is 10.1. The van der Waals surface area contributed by atoms with Crippen molar-refractivity contribution in [3.8, 4) is 0 Å². The van der Waals surface area contributed by atoms with Gasteiger partial charge in [0.1, 0.15) is 5.56 Å². The van der Waals surface area contributed by atoms with E-state index >= 15 is 0 Å². The smallest absolute Gasteiger partial charge is 0.282 e. The van der Waals surface area contributed by atoms with E-state index in [4.69, 9.17) is 11.6 Å². The molecule has 2 rings (SSSR count). The summed E-state index contributed by atoms with van der Waals surface area (Å²) in [6, 6.07) is 6.05. The Morgan fingerprint density at radius 2 is 2.10 bits per heavy atom. The molecular weight excluding hydrogens is 280 g/mol. The molecule has 0 spiro atoms. The number of halogens is 1. The Labute approximate surface area is 122 Å². The summed E-state index contributed by atoms with van der Waals surface area (Å²) in [5, 5.41) is 11.0. The average Bonchev–Trinajstić information content (AvgIpc) is 2.71. The zero-order valence-corrected chi connectivity index (χ0v) is 11.9. The van der Waals surface area contributed by atoms with Crippen LogP contribution < -0.4 is 0 Å². The van der Waals surface area contributed by atoms with Crippen LogP contribution in [-0.2, 0) is 0 Å². The van der Waals surface area contributed by atoms with E-state index in [1.807, 2.05) is 0 Å². The third kappa shape index (κ3) is 3.10. The molecule has 0 saturated carbocycles. The Bertz CT molecular complexity index is 507. The zero-order valence-electron chi connectivity index (χ0n) is 11.1. The summed E-state index contributed by atoms with van der Waals surface area (Å²) in [5.41, 5.74) is 0.00425. The highest BCUT2D eigenvalue weighted by atomic mass is 35.5. The van der Waals surface area contributed by atoms with Gasteiger partial charge in [-0.1, -0.05) is 25.0 Å². The summed E-state index contributed by atoms with van der Waals surface area (Å²) in [6.45, 7) is 0.613. The number of nitro benzene ring substituents is 1. The number of rotatable bonds is 3. The van der Waals surface area contributed by atoms with Gasteiger partial charge >= 0.3 is 0 Å². The van der Waals surface area contributed by atoms with Gasteiger partial charge in [0.2, 0.25) is 0 Å². The molecule has 5 nitrogen and oxygen atoms in total. The van der Waals surface area contributed by atoms with Crippen molar-refractivity contribution >= 4 is 23.2 Å². The Morgan fingerprint density at radius 3 is 2.80 bits per heavy atom. The van der Waals surface area contributed by atoms with E-state index < -0.39 is 4.92 Å². The molecular formula is C14H17ClN2O3. The van der Waals surface area contributed by atoms with Gasteiger partial charge in [-0.15, -0.1) is 11.6 Å². The Hall–Kier alpha value is -1.62. The third-order valence-corrected chi connectivity index (χ3v) is 4.00. The van der Waals surface area contributed by atoms with Crippen LogP contribution in [0.3, 0.4) is 0 Å². The molecule has 1 unspecified atom stereocenters. The topological polar surface area (TPSA) is 63.4 Å². The normalized spacial score (nSPS) is 19.4. The molecule has 1 amide bonds. The van der Waals surface area contributed by atoms with Crippen LogP contribution in [0.2, 0.25) is 0 Å². The van der Waals surface area contributed by atoms with Crippen molar-refractivity contribution < 1.29 is 9.72 Å². The number of nitrogens with zero attached hydrogens (tertiary/aromatic N) is 2. The lowest BCUT2D eigenvalue weighted by Crippen LogP contribution is -2.41. The molecule has 1 aromatic rings. The number of alkyl halides is 1. The number of benzene rings is 1. The Kier molecular flexibility index (Phi) is 4.95. The van der Waals surface area contributed by atoms with E-state index in [-0.39, 0.29) is 23.2 Å². The molecule has 6 heteroatoms. The predicted molar refractivity (Wildman–Crippen MR) is 77.1 cm³/mol. The predicted octanol–water partition coefficient (Wildman–Crippen LogP) is 3.22. The number of nitro groups is 1. The van der Waals surface area contributed by atoms with Crippen LogP contribution in [0.4, 0.5) is 5.69 Å². The standard InChI is InChI=1S/C14H17ClN2O3/c15-10-11-6-2-1-5-9-16(11)14(18)12-7-3-4-8-13(12)17(19)20/h3-4,7-8,11H,1-2,5-6,9-10H2. The van der Waals surface area contributed by atoms with E-state index in [9.17, 15) is 14.9 Å². The van der Waals surface area contributed by atoms with Crippen molar-refractivity contribution in [1.82, 2.24) is 4.90 Å². The van der Waals surface area contributed by atoms with Gasteiger partial charge in [0.05, 0.1) is 4.92 Å². The zero-order chi connectivity index (χ0) is 14.5. The second-order valence-corrected chi connectivity index (χ2v) is 5.24. The summed E-state index contributed by atoms with van der Waals surface area (Å²) in [5.74, 6) is 0.0803. The molecule has 0 aliphatic carbocycles. The minimum atomic E-state index is -0.513. The first-order valence-corrected chi connectivity index (χ1v) is 7.29. The first kappa shape index (κ1) is 14.8. The van der Waals surface area contributed by atoms with Gasteiger partial charge in [-0.3, -0.25) is 14.9 Å². The highest BCUT2D eigenvalue weighted by Gasteiger charge is 2.29. The molecule has 108 valence electrons. The molecule has 1 aliphatic heterocycles. The van der Waals surface area contributed by atoms with Gasteiger partial charge in [0, 0.05) is 24.5 Å².